The van der Waals surface area contributed by atoms with Crippen molar-refractivity contribution in [1.29, 1.82) is 0 Å². The number of carbonyl (C=O) groups excluding carboxylic acids is 2. The van der Waals surface area contributed by atoms with Gasteiger partial charge in [0.05, 0.1) is 19.1 Å². The van der Waals surface area contributed by atoms with Gasteiger partial charge in [-0.05, 0) is 12.8 Å². The Hall–Kier alpha value is -1.63. The van der Waals surface area contributed by atoms with Gasteiger partial charge in [0.1, 0.15) is 0 Å². The van der Waals surface area contributed by atoms with E-state index in [0.29, 0.717) is 45.5 Å². The molecule has 0 aromatic heterocycles. The first kappa shape index (κ1) is 17.4. The SMILES string of the molecule is CCCNC(=O)CCCC(=O)N1CCOC(CC(=O)O)C1. The molecule has 2 N–H and O–H groups in total. The van der Waals surface area contributed by atoms with Crippen LogP contribution in [0.4, 0.5) is 0 Å². The number of amides is 2. The Morgan fingerprint density at radius 2 is 2.10 bits per heavy atom. The van der Waals surface area contributed by atoms with Crippen molar-refractivity contribution in [3.63, 3.8) is 0 Å². The molecule has 0 saturated carbocycles. The number of nitrogens with one attached hydrogen (secondary N) is 1. The van der Waals surface area contributed by atoms with Gasteiger partial charge in [0.25, 0.3) is 0 Å². The van der Waals surface area contributed by atoms with Crippen LogP contribution in [0.5, 0.6) is 0 Å². The summed E-state index contributed by atoms with van der Waals surface area (Å²) in [7, 11) is 0. The smallest absolute Gasteiger partial charge is 0.306 e. The second-order valence-electron chi connectivity index (χ2n) is 5.13. The van der Waals surface area contributed by atoms with Crippen LogP contribution in [0, 0.1) is 0 Å². The lowest BCUT2D eigenvalue weighted by molar-refractivity contribution is -0.147. The van der Waals surface area contributed by atoms with Crippen molar-refractivity contribution < 1.29 is 24.2 Å². The van der Waals surface area contributed by atoms with Crippen molar-refractivity contribution in [2.75, 3.05) is 26.2 Å². The number of morpholine rings is 1. The summed E-state index contributed by atoms with van der Waals surface area (Å²) in [5, 5.41) is 11.5. The van der Waals surface area contributed by atoms with Gasteiger partial charge in [0, 0.05) is 32.5 Å². The predicted molar refractivity (Wildman–Crippen MR) is 75.7 cm³/mol. The third-order valence-electron chi connectivity index (χ3n) is 3.26. The summed E-state index contributed by atoms with van der Waals surface area (Å²) in [5.74, 6) is -1.01. The van der Waals surface area contributed by atoms with E-state index in [1.54, 1.807) is 4.90 Å². The summed E-state index contributed by atoms with van der Waals surface area (Å²) in [5.41, 5.74) is 0. The molecule has 0 spiro atoms. The molecule has 1 atom stereocenters. The summed E-state index contributed by atoms with van der Waals surface area (Å²) in [6.07, 6.45) is 1.52. The monoisotopic (exact) mass is 300 g/mol. The zero-order valence-electron chi connectivity index (χ0n) is 12.5. The topological polar surface area (TPSA) is 95.9 Å². The highest BCUT2D eigenvalue weighted by Gasteiger charge is 2.25. The Labute approximate surface area is 124 Å². The van der Waals surface area contributed by atoms with Crippen LogP contribution in [-0.4, -0.2) is 60.1 Å². The lowest BCUT2D eigenvalue weighted by atomic mass is 10.1. The Morgan fingerprint density at radius 3 is 2.76 bits per heavy atom. The molecular formula is C14H24N2O5. The third-order valence-corrected chi connectivity index (χ3v) is 3.26. The zero-order chi connectivity index (χ0) is 15.7. The Balaban J connectivity index is 2.25. The number of carboxylic acid groups (broad SMARTS) is 1. The van der Waals surface area contributed by atoms with E-state index in [-0.39, 0.29) is 18.2 Å². The minimum atomic E-state index is -0.929. The van der Waals surface area contributed by atoms with Gasteiger partial charge in [-0.25, -0.2) is 0 Å². The molecule has 2 amide bonds. The van der Waals surface area contributed by atoms with E-state index in [4.69, 9.17) is 9.84 Å². The van der Waals surface area contributed by atoms with Crippen molar-refractivity contribution in [2.24, 2.45) is 0 Å². The fourth-order valence-electron chi connectivity index (χ4n) is 2.18. The average molecular weight is 300 g/mol. The molecule has 0 aromatic carbocycles. The number of nitrogens with zero attached hydrogens (tertiary/aromatic N) is 1. The second-order valence-corrected chi connectivity index (χ2v) is 5.13. The van der Waals surface area contributed by atoms with Crippen molar-refractivity contribution in [2.45, 2.75) is 45.1 Å². The van der Waals surface area contributed by atoms with Crippen molar-refractivity contribution in [1.82, 2.24) is 10.2 Å². The Kier molecular flexibility index (Phi) is 7.74. The van der Waals surface area contributed by atoms with E-state index in [9.17, 15) is 14.4 Å². The summed E-state index contributed by atoms with van der Waals surface area (Å²) in [4.78, 5) is 35.7. The number of carboxylic acids is 1. The van der Waals surface area contributed by atoms with Crippen LogP contribution in [0.1, 0.15) is 39.0 Å². The normalized spacial score (nSPS) is 18.3. The maximum Gasteiger partial charge on any atom is 0.306 e. The standard InChI is InChI=1S/C14H24N2O5/c1-2-6-15-12(17)4-3-5-13(18)16-7-8-21-11(10-16)9-14(19)20/h11H,2-10H2,1H3,(H,15,17)(H,19,20). The quantitative estimate of drug-likeness (QED) is 0.676. The van der Waals surface area contributed by atoms with Crippen molar-refractivity contribution in [3.8, 4) is 0 Å². The van der Waals surface area contributed by atoms with Crippen molar-refractivity contribution in [3.05, 3.63) is 0 Å². The Morgan fingerprint density at radius 1 is 1.33 bits per heavy atom. The number of rotatable bonds is 8. The van der Waals surface area contributed by atoms with E-state index >= 15 is 0 Å². The first-order chi connectivity index (χ1) is 10.0. The fourth-order valence-corrected chi connectivity index (χ4v) is 2.18. The maximum atomic E-state index is 12.0. The van der Waals surface area contributed by atoms with Crippen LogP contribution in [-0.2, 0) is 19.1 Å². The van der Waals surface area contributed by atoms with E-state index in [2.05, 4.69) is 5.32 Å². The zero-order valence-corrected chi connectivity index (χ0v) is 12.5. The maximum absolute atomic E-state index is 12.0. The number of hydrogen-bond acceptors (Lipinski definition) is 4. The molecule has 0 bridgehead atoms. The minimum absolute atomic E-state index is 0.0321. The molecule has 1 saturated heterocycles. The minimum Gasteiger partial charge on any atom is -0.481 e. The van der Waals surface area contributed by atoms with E-state index in [1.807, 2.05) is 6.92 Å². The number of hydrogen-bond donors (Lipinski definition) is 2. The summed E-state index contributed by atoms with van der Waals surface area (Å²) in [6, 6.07) is 0. The van der Waals surface area contributed by atoms with Gasteiger partial charge >= 0.3 is 5.97 Å². The van der Waals surface area contributed by atoms with Gasteiger partial charge < -0.3 is 20.1 Å². The first-order valence-corrected chi connectivity index (χ1v) is 7.40. The fraction of sp³-hybridized carbons (Fsp3) is 0.786. The van der Waals surface area contributed by atoms with Crippen LogP contribution >= 0.6 is 0 Å². The molecule has 1 rings (SSSR count). The molecule has 1 heterocycles. The first-order valence-electron chi connectivity index (χ1n) is 7.40. The molecule has 7 nitrogen and oxygen atoms in total. The highest BCUT2D eigenvalue weighted by atomic mass is 16.5. The predicted octanol–water partition coefficient (Wildman–Crippen LogP) is 0.385. The van der Waals surface area contributed by atoms with Gasteiger partial charge in [-0.3, -0.25) is 14.4 Å². The van der Waals surface area contributed by atoms with Crippen molar-refractivity contribution >= 4 is 17.8 Å². The molecule has 1 fully saturated rings. The van der Waals surface area contributed by atoms with Gasteiger partial charge in [-0.1, -0.05) is 6.92 Å². The number of aliphatic carboxylic acids is 1. The molecule has 1 aliphatic heterocycles. The molecule has 0 aliphatic carbocycles. The van der Waals surface area contributed by atoms with Crippen LogP contribution in [0.3, 0.4) is 0 Å². The number of ether oxygens (including phenoxy) is 1. The van der Waals surface area contributed by atoms with Crippen LogP contribution in [0.2, 0.25) is 0 Å². The van der Waals surface area contributed by atoms with Gasteiger partial charge in [0.2, 0.25) is 11.8 Å². The largest absolute Gasteiger partial charge is 0.481 e. The highest BCUT2D eigenvalue weighted by Crippen LogP contribution is 2.11. The van der Waals surface area contributed by atoms with E-state index < -0.39 is 12.1 Å². The van der Waals surface area contributed by atoms with Gasteiger partial charge in [-0.2, -0.15) is 0 Å². The highest BCUT2D eigenvalue weighted by molar-refractivity contribution is 5.79. The lowest BCUT2D eigenvalue weighted by Crippen LogP contribution is -2.46. The molecule has 1 unspecified atom stereocenters. The summed E-state index contributed by atoms with van der Waals surface area (Å²) < 4.78 is 5.32. The molecule has 1 aliphatic rings. The summed E-state index contributed by atoms with van der Waals surface area (Å²) in [6.45, 7) is 3.80. The lowest BCUT2D eigenvalue weighted by Gasteiger charge is -2.32. The van der Waals surface area contributed by atoms with Gasteiger partial charge in [0.15, 0.2) is 0 Å². The van der Waals surface area contributed by atoms with E-state index in [0.717, 1.165) is 6.42 Å². The van der Waals surface area contributed by atoms with Crippen LogP contribution < -0.4 is 5.32 Å². The van der Waals surface area contributed by atoms with Crippen LogP contribution in [0.15, 0.2) is 0 Å². The van der Waals surface area contributed by atoms with Crippen LogP contribution in [0.25, 0.3) is 0 Å². The van der Waals surface area contributed by atoms with Gasteiger partial charge in [-0.15, -0.1) is 0 Å². The molecular weight excluding hydrogens is 276 g/mol. The molecule has 0 radical (unpaired) electrons. The molecule has 120 valence electrons. The summed E-state index contributed by atoms with van der Waals surface area (Å²) >= 11 is 0. The number of carbonyl (C=O) groups is 3. The molecule has 7 heteroatoms. The van der Waals surface area contributed by atoms with E-state index in [1.165, 1.54) is 0 Å². The molecule has 21 heavy (non-hydrogen) atoms. The Bertz CT molecular complexity index is 372. The molecule has 0 aromatic rings. The average Bonchev–Trinajstić information content (AvgIpc) is 2.44. The third kappa shape index (κ3) is 7.08. The second kappa shape index (κ2) is 9.33.